The molecule has 0 spiro atoms. The Labute approximate surface area is 153 Å². The average molecular weight is 360 g/mol. The topological polar surface area (TPSA) is 116 Å². The monoisotopic (exact) mass is 360 g/mol. The number of ether oxygens (including phenoxy) is 1. The summed E-state index contributed by atoms with van der Waals surface area (Å²) in [5.74, 6) is -0.510. The van der Waals surface area contributed by atoms with Crippen LogP contribution < -0.4 is 16.0 Å². The van der Waals surface area contributed by atoms with Crippen LogP contribution in [0.15, 0.2) is 47.3 Å². The number of nitrogens with zero attached hydrogens (tertiary/aromatic N) is 2. The summed E-state index contributed by atoms with van der Waals surface area (Å²) in [5, 5.41) is 18.8. The second kappa shape index (κ2) is 7.03. The highest BCUT2D eigenvalue weighted by atomic mass is 19.1. The van der Waals surface area contributed by atoms with Crippen molar-refractivity contribution in [2.75, 3.05) is 12.8 Å². The van der Waals surface area contributed by atoms with E-state index in [1.54, 1.807) is 30.3 Å². The first-order valence-electron chi connectivity index (χ1n) is 7.80. The Hall–Kier alpha value is -4.10. The largest absolute Gasteiger partial charge is 0.494 e. The van der Waals surface area contributed by atoms with Crippen molar-refractivity contribution in [2.24, 2.45) is 0 Å². The molecule has 2 aromatic carbocycles. The van der Waals surface area contributed by atoms with Crippen molar-refractivity contribution in [2.45, 2.75) is 0 Å². The predicted molar refractivity (Wildman–Crippen MR) is 98.3 cm³/mol. The van der Waals surface area contributed by atoms with Gasteiger partial charge >= 0.3 is 0 Å². The van der Waals surface area contributed by atoms with Crippen molar-refractivity contribution in [3.8, 4) is 40.1 Å². The van der Waals surface area contributed by atoms with E-state index in [2.05, 4.69) is 4.98 Å². The number of nitrogens with two attached hydrogens (primary N) is 1. The zero-order valence-corrected chi connectivity index (χ0v) is 14.2. The highest BCUT2D eigenvalue weighted by molar-refractivity contribution is 5.82. The third-order valence-corrected chi connectivity index (χ3v) is 4.10. The molecular formula is C20H13FN4O2. The minimum atomic E-state index is -0.676. The standard InChI is InChI=1S/C20H13FN4O2/c1-27-17-6-5-12(8-16(17)21)11-3-2-4-13(7-11)18-14(9-22)19(24)25-20(26)15(18)10-23/h2-8H,1H3,(H3,24,25,26). The van der Waals surface area contributed by atoms with E-state index in [0.29, 0.717) is 16.7 Å². The van der Waals surface area contributed by atoms with Crippen LogP contribution in [0.25, 0.3) is 22.3 Å². The van der Waals surface area contributed by atoms with Gasteiger partial charge in [-0.1, -0.05) is 24.3 Å². The summed E-state index contributed by atoms with van der Waals surface area (Å²) in [6.45, 7) is 0. The number of pyridine rings is 1. The number of aromatic nitrogens is 1. The van der Waals surface area contributed by atoms with Gasteiger partial charge in [-0.15, -0.1) is 0 Å². The van der Waals surface area contributed by atoms with E-state index in [1.165, 1.54) is 19.2 Å². The third kappa shape index (κ3) is 3.10. The fourth-order valence-electron chi connectivity index (χ4n) is 2.83. The number of halogens is 1. The first-order chi connectivity index (χ1) is 13.0. The van der Waals surface area contributed by atoms with Crippen molar-refractivity contribution in [1.29, 1.82) is 10.5 Å². The quantitative estimate of drug-likeness (QED) is 0.744. The lowest BCUT2D eigenvalue weighted by Gasteiger charge is -2.11. The van der Waals surface area contributed by atoms with Crippen molar-refractivity contribution >= 4 is 5.82 Å². The SMILES string of the molecule is COc1ccc(-c2cccc(-c3c(C#N)c(N)[nH]c(=O)c3C#N)c2)cc1F. The molecule has 0 saturated carbocycles. The molecule has 3 N–H and O–H groups in total. The summed E-state index contributed by atoms with van der Waals surface area (Å²) >= 11 is 0. The molecule has 7 heteroatoms. The van der Waals surface area contributed by atoms with E-state index in [1.807, 2.05) is 12.1 Å². The molecule has 0 aliphatic rings. The summed E-state index contributed by atoms with van der Waals surface area (Å²) < 4.78 is 18.9. The molecule has 0 aliphatic heterocycles. The number of methoxy groups -OCH3 is 1. The number of nitrogen functional groups attached to an aromatic ring is 1. The molecule has 3 aromatic rings. The maximum absolute atomic E-state index is 14.0. The minimum absolute atomic E-state index is 0.00390. The number of nitriles is 2. The summed E-state index contributed by atoms with van der Waals surface area (Å²) in [5.41, 5.74) is 6.68. The summed E-state index contributed by atoms with van der Waals surface area (Å²) in [6, 6.07) is 15.0. The highest BCUT2D eigenvalue weighted by Gasteiger charge is 2.18. The first-order valence-corrected chi connectivity index (χ1v) is 7.80. The molecule has 0 radical (unpaired) electrons. The molecule has 6 nitrogen and oxygen atoms in total. The van der Waals surface area contributed by atoms with Crippen LogP contribution in [0.4, 0.5) is 10.2 Å². The number of hydrogen-bond donors (Lipinski definition) is 2. The summed E-state index contributed by atoms with van der Waals surface area (Å²) in [4.78, 5) is 14.4. The van der Waals surface area contributed by atoms with Crippen molar-refractivity contribution in [1.82, 2.24) is 4.98 Å². The Kier molecular flexibility index (Phi) is 4.61. The van der Waals surface area contributed by atoms with Gasteiger partial charge in [0, 0.05) is 5.56 Å². The molecule has 0 aliphatic carbocycles. The number of H-pyrrole nitrogens is 1. The zero-order chi connectivity index (χ0) is 19.6. The van der Waals surface area contributed by atoms with E-state index in [9.17, 15) is 19.7 Å². The zero-order valence-electron chi connectivity index (χ0n) is 14.2. The lowest BCUT2D eigenvalue weighted by atomic mass is 9.94. The Morgan fingerprint density at radius 1 is 1.04 bits per heavy atom. The normalized spacial score (nSPS) is 10.1. The van der Waals surface area contributed by atoms with Gasteiger partial charge in [-0.3, -0.25) is 4.79 Å². The lowest BCUT2D eigenvalue weighted by molar-refractivity contribution is 0.386. The molecule has 27 heavy (non-hydrogen) atoms. The van der Waals surface area contributed by atoms with E-state index < -0.39 is 11.4 Å². The van der Waals surface area contributed by atoms with Gasteiger partial charge in [0.25, 0.3) is 5.56 Å². The number of nitrogens with one attached hydrogen (secondary N) is 1. The Balaban J connectivity index is 2.24. The Morgan fingerprint density at radius 2 is 1.70 bits per heavy atom. The van der Waals surface area contributed by atoms with Crippen LogP contribution in [0.2, 0.25) is 0 Å². The predicted octanol–water partition coefficient (Wildman–Crippen LogP) is 3.18. The summed E-state index contributed by atoms with van der Waals surface area (Å²) in [6.07, 6.45) is 0. The molecule has 0 unspecified atom stereocenters. The molecule has 0 saturated heterocycles. The third-order valence-electron chi connectivity index (χ3n) is 4.10. The molecule has 0 amide bonds. The first kappa shape index (κ1) is 17.7. The van der Waals surface area contributed by atoms with Crippen molar-refractivity contribution < 1.29 is 9.13 Å². The Morgan fingerprint density at radius 3 is 2.33 bits per heavy atom. The van der Waals surface area contributed by atoms with Gasteiger partial charge < -0.3 is 15.5 Å². The molecule has 1 heterocycles. The lowest BCUT2D eigenvalue weighted by Crippen LogP contribution is -2.16. The van der Waals surface area contributed by atoms with Crippen molar-refractivity contribution in [3.63, 3.8) is 0 Å². The van der Waals surface area contributed by atoms with Crippen LogP contribution in [0, 0.1) is 28.5 Å². The smallest absolute Gasteiger partial charge is 0.268 e. The van der Waals surface area contributed by atoms with Crippen LogP contribution in [0.1, 0.15) is 11.1 Å². The minimum Gasteiger partial charge on any atom is -0.494 e. The molecule has 0 atom stereocenters. The maximum atomic E-state index is 14.0. The fraction of sp³-hybridized carbons (Fsp3) is 0.0500. The van der Waals surface area contributed by atoms with Gasteiger partial charge in [0.15, 0.2) is 11.6 Å². The van der Waals surface area contributed by atoms with E-state index >= 15 is 0 Å². The van der Waals surface area contributed by atoms with Gasteiger partial charge in [0.2, 0.25) is 0 Å². The average Bonchev–Trinajstić information content (AvgIpc) is 2.67. The van der Waals surface area contributed by atoms with E-state index in [0.717, 1.165) is 0 Å². The molecular weight excluding hydrogens is 347 g/mol. The molecule has 0 fully saturated rings. The van der Waals surface area contributed by atoms with Crippen LogP contribution in [0.5, 0.6) is 5.75 Å². The van der Waals surface area contributed by atoms with Crippen LogP contribution >= 0.6 is 0 Å². The van der Waals surface area contributed by atoms with Gasteiger partial charge in [0.1, 0.15) is 29.1 Å². The Bertz CT molecular complexity index is 1190. The van der Waals surface area contributed by atoms with Gasteiger partial charge in [0.05, 0.1) is 7.11 Å². The molecule has 1 aromatic heterocycles. The second-order valence-corrected chi connectivity index (χ2v) is 5.65. The number of benzene rings is 2. The highest BCUT2D eigenvalue weighted by Crippen LogP contribution is 2.32. The number of anilines is 1. The van der Waals surface area contributed by atoms with E-state index in [4.69, 9.17) is 10.5 Å². The molecule has 0 bridgehead atoms. The fourth-order valence-corrected chi connectivity index (χ4v) is 2.83. The van der Waals surface area contributed by atoms with E-state index in [-0.39, 0.29) is 28.3 Å². The molecule has 3 rings (SSSR count). The number of rotatable bonds is 3. The van der Waals surface area contributed by atoms with Crippen LogP contribution in [0.3, 0.4) is 0 Å². The van der Waals surface area contributed by atoms with Crippen LogP contribution in [-0.4, -0.2) is 12.1 Å². The number of hydrogen-bond acceptors (Lipinski definition) is 5. The maximum Gasteiger partial charge on any atom is 0.268 e. The van der Waals surface area contributed by atoms with Gasteiger partial charge in [-0.25, -0.2) is 4.39 Å². The molecule has 132 valence electrons. The number of aromatic amines is 1. The van der Waals surface area contributed by atoms with Crippen molar-refractivity contribution in [3.05, 3.63) is 69.8 Å². The second-order valence-electron chi connectivity index (χ2n) is 5.65. The van der Waals surface area contributed by atoms with Gasteiger partial charge in [-0.05, 0) is 34.9 Å². The summed E-state index contributed by atoms with van der Waals surface area (Å²) in [7, 11) is 1.38. The van der Waals surface area contributed by atoms with Crippen LogP contribution in [-0.2, 0) is 0 Å². The van der Waals surface area contributed by atoms with Gasteiger partial charge in [-0.2, -0.15) is 10.5 Å².